The summed E-state index contributed by atoms with van der Waals surface area (Å²) in [7, 11) is 0. The highest BCUT2D eigenvalue weighted by molar-refractivity contribution is 6.18. The summed E-state index contributed by atoms with van der Waals surface area (Å²) < 4.78 is 0. The van der Waals surface area contributed by atoms with E-state index in [-0.39, 0.29) is 12.3 Å². The molecule has 0 heterocycles. The van der Waals surface area contributed by atoms with Gasteiger partial charge in [0.05, 0.1) is 6.10 Å². The van der Waals surface area contributed by atoms with E-state index in [4.69, 9.17) is 26.9 Å². The highest BCUT2D eigenvalue weighted by Crippen LogP contribution is 1.99. The molecule has 2 atom stereocenters. The number of rotatable bonds is 4. The van der Waals surface area contributed by atoms with Crippen molar-refractivity contribution in [2.24, 2.45) is 0 Å². The van der Waals surface area contributed by atoms with Gasteiger partial charge in [0, 0.05) is 12.3 Å². The van der Waals surface area contributed by atoms with Crippen molar-refractivity contribution < 1.29 is 20.1 Å². The minimum Gasteiger partial charge on any atom is -0.479 e. The van der Waals surface area contributed by atoms with Gasteiger partial charge in [-0.2, -0.15) is 0 Å². The van der Waals surface area contributed by atoms with Gasteiger partial charge >= 0.3 is 5.97 Å². The van der Waals surface area contributed by atoms with Gasteiger partial charge in [0.25, 0.3) is 0 Å². The van der Waals surface area contributed by atoms with Crippen LogP contribution in [0, 0.1) is 0 Å². The van der Waals surface area contributed by atoms with E-state index in [9.17, 15) is 4.79 Å². The van der Waals surface area contributed by atoms with Gasteiger partial charge in [-0.15, -0.1) is 11.6 Å². The summed E-state index contributed by atoms with van der Waals surface area (Å²) in [5, 5.41) is 25.5. The second-order valence-corrected chi connectivity index (χ2v) is 2.21. The molecule has 0 bridgehead atoms. The zero-order chi connectivity index (χ0) is 8.15. The number of aliphatic hydroxyl groups is 2. The minimum absolute atomic E-state index is 0.0651. The number of carbonyl (C=O) groups is 1. The SMILES string of the molecule is O=C(O)[C@H](O)C[C@@H](O)CCl. The molecule has 0 aliphatic carbocycles. The van der Waals surface area contributed by atoms with Crippen LogP contribution in [-0.4, -0.2) is 39.4 Å². The molecule has 3 N–H and O–H groups in total. The molecule has 4 nitrogen and oxygen atoms in total. The fourth-order valence-electron chi connectivity index (χ4n) is 0.422. The van der Waals surface area contributed by atoms with Crippen LogP contribution in [0.3, 0.4) is 0 Å². The van der Waals surface area contributed by atoms with Gasteiger partial charge in [-0.05, 0) is 0 Å². The van der Waals surface area contributed by atoms with Crippen LogP contribution >= 0.6 is 11.6 Å². The van der Waals surface area contributed by atoms with Crippen LogP contribution in [0.4, 0.5) is 0 Å². The lowest BCUT2D eigenvalue weighted by atomic mass is 10.2. The average molecular weight is 169 g/mol. The molecule has 0 aromatic rings. The lowest BCUT2D eigenvalue weighted by molar-refractivity contribution is -0.148. The first-order chi connectivity index (χ1) is 4.57. The predicted molar refractivity (Wildman–Crippen MR) is 35.0 cm³/mol. The third-order valence-electron chi connectivity index (χ3n) is 0.959. The number of alkyl halides is 1. The number of hydrogen-bond acceptors (Lipinski definition) is 3. The van der Waals surface area contributed by atoms with Crippen molar-refractivity contribution in [3.05, 3.63) is 0 Å². The fourth-order valence-corrected chi connectivity index (χ4v) is 0.548. The quantitative estimate of drug-likeness (QED) is 0.491. The highest BCUT2D eigenvalue weighted by Gasteiger charge is 2.16. The maximum absolute atomic E-state index is 9.95. The molecule has 5 heteroatoms. The molecular formula is C5H9ClO4. The highest BCUT2D eigenvalue weighted by atomic mass is 35.5. The van der Waals surface area contributed by atoms with Gasteiger partial charge in [-0.25, -0.2) is 4.79 Å². The third-order valence-corrected chi connectivity index (χ3v) is 1.31. The summed E-state index contributed by atoms with van der Waals surface area (Å²) >= 11 is 5.15. The number of hydrogen-bond donors (Lipinski definition) is 3. The molecule has 0 radical (unpaired) electrons. The Balaban J connectivity index is 3.56. The van der Waals surface area contributed by atoms with Crippen molar-refractivity contribution in [2.45, 2.75) is 18.6 Å². The van der Waals surface area contributed by atoms with Crippen molar-refractivity contribution >= 4 is 17.6 Å². The van der Waals surface area contributed by atoms with Crippen molar-refractivity contribution in [1.29, 1.82) is 0 Å². The molecule has 10 heavy (non-hydrogen) atoms. The van der Waals surface area contributed by atoms with Crippen LogP contribution in [0.25, 0.3) is 0 Å². The second kappa shape index (κ2) is 4.49. The first-order valence-electron chi connectivity index (χ1n) is 2.72. The Labute approximate surface area is 63.0 Å². The number of carboxylic acids is 1. The first kappa shape index (κ1) is 9.68. The Bertz CT molecular complexity index is 116. The monoisotopic (exact) mass is 168 g/mol. The molecule has 0 rings (SSSR count). The number of aliphatic hydroxyl groups excluding tert-OH is 2. The standard InChI is InChI=1S/C5H9ClO4/c6-2-3(7)1-4(8)5(9)10/h3-4,7-8H,1-2H2,(H,9,10)/t3-,4-/m1/s1. The zero-order valence-electron chi connectivity index (χ0n) is 5.20. The average Bonchev–Trinajstić information content (AvgIpc) is 1.87. The van der Waals surface area contributed by atoms with Crippen LogP contribution in [0.1, 0.15) is 6.42 Å². The van der Waals surface area contributed by atoms with Crippen LogP contribution in [0.15, 0.2) is 0 Å². The summed E-state index contributed by atoms with van der Waals surface area (Å²) in [6, 6.07) is 0. The molecule has 0 unspecified atom stereocenters. The van der Waals surface area contributed by atoms with Crippen LogP contribution < -0.4 is 0 Å². The Morgan fingerprint density at radius 2 is 2.00 bits per heavy atom. The summed E-state index contributed by atoms with van der Waals surface area (Å²) in [6.45, 7) is 0. The van der Waals surface area contributed by atoms with Gasteiger partial charge in [0.1, 0.15) is 0 Å². The first-order valence-corrected chi connectivity index (χ1v) is 3.26. The van der Waals surface area contributed by atoms with E-state index < -0.39 is 18.2 Å². The van der Waals surface area contributed by atoms with E-state index in [1.807, 2.05) is 0 Å². The smallest absolute Gasteiger partial charge is 0.332 e. The second-order valence-electron chi connectivity index (χ2n) is 1.90. The number of halogens is 1. The lowest BCUT2D eigenvalue weighted by Gasteiger charge is -2.08. The van der Waals surface area contributed by atoms with E-state index in [1.54, 1.807) is 0 Å². The molecule has 0 fully saturated rings. The number of carboxylic acid groups (broad SMARTS) is 1. The van der Waals surface area contributed by atoms with E-state index in [2.05, 4.69) is 0 Å². The maximum Gasteiger partial charge on any atom is 0.332 e. The maximum atomic E-state index is 9.95. The molecule has 0 aliphatic heterocycles. The summed E-state index contributed by atoms with van der Waals surface area (Å²) in [5.74, 6) is -1.41. The third kappa shape index (κ3) is 3.66. The van der Waals surface area contributed by atoms with Gasteiger partial charge in [0.15, 0.2) is 6.10 Å². The summed E-state index contributed by atoms with van der Waals surface area (Å²) in [4.78, 5) is 9.95. The van der Waals surface area contributed by atoms with Crippen LogP contribution in [0.2, 0.25) is 0 Å². The molecule has 0 spiro atoms. The van der Waals surface area contributed by atoms with Crippen LogP contribution in [-0.2, 0) is 4.79 Å². The Morgan fingerprint density at radius 3 is 2.30 bits per heavy atom. The summed E-state index contributed by atoms with van der Waals surface area (Å²) in [6.07, 6.45) is -2.69. The van der Waals surface area contributed by atoms with Gasteiger partial charge in [-0.1, -0.05) is 0 Å². The lowest BCUT2D eigenvalue weighted by Crippen LogP contribution is -2.26. The van der Waals surface area contributed by atoms with E-state index in [0.717, 1.165) is 0 Å². The van der Waals surface area contributed by atoms with Crippen LogP contribution in [0.5, 0.6) is 0 Å². The molecule has 0 saturated carbocycles. The zero-order valence-corrected chi connectivity index (χ0v) is 5.95. The summed E-state index contributed by atoms with van der Waals surface area (Å²) in [5.41, 5.74) is 0. The van der Waals surface area contributed by atoms with Crippen molar-refractivity contribution in [1.82, 2.24) is 0 Å². The molecule has 0 amide bonds. The molecule has 0 aromatic heterocycles. The molecule has 0 saturated heterocycles. The minimum atomic E-state index is -1.52. The topological polar surface area (TPSA) is 77.8 Å². The van der Waals surface area contributed by atoms with Crippen molar-refractivity contribution in [3.63, 3.8) is 0 Å². The fraction of sp³-hybridized carbons (Fsp3) is 0.800. The Kier molecular flexibility index (Phi) is 4.34. The van der Waals surface area contributed by atoms with Gasteiger partial charge in [-0.3, -0.25) is 0 Å². The largest absolute Gasteiger partial charge is 0.479 e. The number of aliphatic carboxylic acids is 1. The Morgan fingerprint density at radius 1 is 1.50 bits per heavy atom. The van der Waals surface area contributed by atoms with E-state index in [1.165, 1.54) is 0 Å². The van der Waals surface area contributed by atoms with Crippen molar-refractivity contribution in [3.8, 4) is 0 Å². The molecule has 60 valence electrons. The molecule has 0 aromatic carbocycles. The van der Waals surface area contributed by atoms with Gasteiger partial charge in [0.2, 0.25) is 0 Å². The van der Waals surface area contributed by atoms with E-state index in [0.29, 0.717) is 0 Å². The van der Waals surface area contributed by atoms with E-state index >= 15 is 0 Å². The van der Waals surface area contributed by atoms with Crippen molar-refractivity contribution in [2.75, 3.05) is 5.88 Å². The molecule has 0 aliphatic rings. The van der Waals surface area contributed by atoms with Gasteiger partial charge < -0.3 is 15.3 Å². The normalized spacial score (nSPS) is 16.3. The Hall–Kier alpha value is -0.320. The predicted octanol–water partition coefficient (Wildman–Crippen LogP) is -0.578. The molecular weight excluding hydrogens is 160 g/mol.